The molecule has 0 spiro atoms. The second-order valence-electron chi connectivity index (χ2n) is 8.14. The van der Waals surface area contributed by atoms with Crippen molar-refractivity contribution in [3.05, 3.63) is 70.8 Å². The van der Waals surface area contributed by atoms with Crippen LogP contribution < -0.4 is 5.32 Å². The van der Waals surface area contributed by atoms with Gasteiger partial charge in [0, 0.05) is 12.1 Å². The maximum Gasteiger partial charge on any atom is 0.306 e. The molecule has 2 atom stereocenters. The van der Waals surface area contributed by atoms with Crippen LogP contribution in [0.5, 0.6) is 0 Å². The molecule has 1 aliphatic heterocycles. The van der Waals surface area contributed by atoms with Gasteiger partial charge in [0.15, 0.2) is 0 Å². The number of rotatable bonds is 6. The molecule has 160 valence electrons. The van der Waals surface area contributed by atoms with Gasteiger partial charge in [0.2, 0.25) is 0 Å². The zero-order chi connectivity index (χ0) is 22.0. The van der Waals surface area contributed by atoms with E-state index in [1.165, 1.54) is 23.1 Å². The first-order valence-electron chi connectivity index (χ1n) is 10.5. The smallest absolute Gasteiger partial charge is 0.306 e. The second kappa shape index (κ2) is 8.71. The normalized spacial score (nSPS) is 20.5. The standard InChI is InChI=1S/C24H24N2O5/c27-21(25-13-17-8-4-5-9-18(17)24(30)31)16-10-11-19-20(12-16)23(29)26(22(19)28)14-15-6-2-1-3-7-15/h1-3,6-7,10-12,17-18H,4-5,8-9,13-14H2,(H,25,27)(H,30,31)/t17-,18-/m0/s1. The highest BCUT2D eigenvalue weighted by Crippen LogP contribution is 2.30. The van der Waals surface area contributed by atoms with Crippen molar-refractivity contribution in [2.24, 2.45) is 11.8 Å². The molecular weight excluding hydrogens is 396 g/mol. The molecule has 7 heteroatoms. The van der Waals surface area contributed by atoms with Crippen LogP contribution in [0.1, 0.15) is 62.3 Å². The molecule has 0 saturated heterocycles. The Morgan fingerprint density at radius 2 is 1.68 bits per heavy atom. The molecule has 2 aliphatic rings. The Bertz CT molecular complexity index is 1030. The van der Waals surface area contributed by atoms with Gasteiger partial charge in [-0.25, -0.2) is 0 Å². The molecule has 2 N–H and O–H groups in total. The number of imide groups is 1. The molecule has 0 aromatic heterocycles. The van der Waals surface area contributed by atoms with Crippen molar-refractivity contribution >= 4 is 23.7 Å². The van der Waals surface area contributed by atoms with E-state index < -0.39 is 17.8 Å². The van der Waals surface area contributed by atoms with Crippen molar-refractivity contribution in [1.29, 1.82) is 0 Å². The fourth-order valence-electron chi connectivity index (χ4n) is 4.44. The van der Waals surface area contributed by atoms with Gasteiger partial charge >= 0.3 is 5.97 Å². The first-order chi connectivity index (χ1) is 15.0. The minimum Gasteiger partial charge on any atom is -0.481 e. The van der Waals surface area contributed by atoms with Crippen molar-refractivity contribution in [3.8, 4) is 0 Å². The van der Waals surface area contributed by atoms with E-state index in [9.17, 15) is 24.3 Å². The Labute approximate surface area is 180 Å². The largest absolute Gasteiger partial charge is 0.481 e. The highest BCUT2D eigenvalue weighted by Gasteiger charge is 2.36. The van der Waals surface area contributed by atoms with Gasteiger partial charge in [-0.3, -0.25) is 24.1 Å². The summed E-state index contributed by atoms with van der Waals surface area (Å²) in [6.07, 6.45) is 3.24. The SMILES string of the molecule is O=C(NC[C@@H]1CCCC[C@@H]1C(=O)O)c1ccc2c(c1)C(=O)N(Cc1ccccc1)C2=O. The summed E-state index contributed by atoms with van der Waals surface area (Å²) in [5.74, 6) is -2.54. The number of carboxylic acids is 1. The predicted molar refractivity (Wildman–Crippen MR) is 113 cm³/mol. The summed E-state index contributed by atoms with van der Waals surface area (Å²) >= 11 is 0. The van der Waals surface area contributed by atoms with Crippen LogP contribution in [0.3, 0.4) is 0 Å². The van der Waals surface area contributed by atoms with Gasteiger partial charge in [0.25, 0.3) is 17.7 Å². The third-order valence-corrected chi connectivity index (χ3v) is 6.17. The number of benzene rings is 2. The van der Waals surface area contributed by atoms with Crippen molar-refractivity contribution in [1.82, 2.24) is 10.2 Å². The van der Waals surface area contributed by atoms with Gasteiger partial charge in [-0.2, -0.15) is 0 Å². The summed E-state index contributed by atoms with van der Waals surface area (Å²) < 4.78 is 0. The number of carbonyl (C=O) groups excluding carboxylic acids is 3. The monoisotopic (exact) mass is 420 g/mol. The third kappa shape index (κ3) is 4.21. The van der Waals surface area contributed by atoms with E-state index in [2.05, 4.69) is 5.32 Å². The Kier molecular flexibility index (Phi) is 5.84. The lowest BCUT2D eigenvalue weighted by molar-refractivity contribution is -0.144. The van der Waals surface area contributed by atoms with Crippen LogP contribution in [-0.2, 0) is 11.3 Å². The number of nitrogens with zero attached hydrogens (tertiary/aromatic N) is 1. The number of aliphatic carboxylic acids is 1. The summed E-state index contributed by atoms with van der Waals surface area (Å²) in [5.41, 5.74) is 1.63. The molecule has 0 bridgehead atoms. The fourth-order valence-corrected chi connectivity index (χ4v) is 4.44. The summed E-state index contributed by atoms with van der Waals surface area (Å²) in [6.45, 7) is 0.451. The van der Waals surface area contributed by atoms with E-state index in [0.29, 0.717) is 6.42 Å². The molecule has 1 saturated carbocycles. The van der Waals surface area contributed by atoms with Crippen LogP contribution in [0.2, 0.25) is 0 Å². The lowest BCUT2D eigenvalue weighted by Gasteiger charge is -2.28. The van der Waals surface area contributed by atoms with Gasteiger partial charge in [-0.05, 0) is 42.5 Å². The van der Waals surface area contributed by atoms with E-state index in [1.54, 1.807) is 0 Å². The van der Waals surface area contributed by atoms with Gasteiger partial charge in [-0.1, -0.05) is 43.2 Å². The van der Waals surface area contributed by atoms with Gasteiger partial charge in [0.05, 0.1) is 23.6 Å². The Morgan fingerprint density at radius 3 is 2.42 bits per heavy atom. The van der Waals surface area contributed by atoms with Gasteiger partial charge in [-0.15, -0.1) is 0 Å². The molecule has 3 amide bonds. The fraction of sp³-hybridized carbons (Fsp3) is 0.333. The second-order valence-corrected chi connectivity index (χ2v) is 8.14. The first-order valence-corrected chi connectivity index (χ1v) is 10.5. The molecule has 2 aromatic rings. The topological polar surface area (TPSA) is 104 Å². The lowest BCUT2D eigenvalue weighted by atomic mass is 9.79. The number of amides is 3. The van der Waals surface area contributed by atoms with Crippen molar-refractivity contribution in [2.45, 2.75) is 32.2 Å². The minimum absolute atomic E-state index is 0.103. The summed E-state index contributed by atoms with van der Waals surface area (Å²) in [4.78, 5) is 50.8. The molecule has 7 nitrogen and oxygen atoms in total. The average Bonchev–Trinajstić information content (AvgIpc) is 3.02. The Balaban J connectivity index is 1.45. The van der Waals surface area contributed by atoms with E-state index in [1.807, 2.05) is 30.3 Å². The summed E-state index contributed by atoms with van der Waals surface area (Å²) in [7, 11) is 0. The van der Waals surface area contributed by atoms with Crippen molar-refractivity contribution in [2.75, 3.05) is 6.54 Å². The minimum atomic E-state index is -0.820. The maximum absolute atomic E-state index is 12.8. The van der Waals surface area contributed by atoms with Crippen molar-refractivity contribution < 1.29 is 24.3 Å². The van der Waals surface area contributed by atoms with Crippen LogP contribution in [-0.4, -0.2) is 40.2 Å². The molecule has 4 rings (SSSR count). The van der Waals surface area contributed by atoms with Crippen LogP contribution in [0.4, 0.5) is 0 Å². The Morgan fingerprint density at radius 1 is 0.968 bits per heavy atom. The molecule has 2 aromatic carbocycles. The van der Waals surface area contributed by atoms with Crippen LogP contribution in [0.15, 0.2) is 48.5 Å². The third-order valence-electron chi connectivity index (χ3n) is 6.17. The molecule has 1 aliphatic carbocycles. The molecular formula is C24H24N2O5. The quantitative estimate of drug-likeness (QED) is 0.699. The Hall–Kier alpha value is -3.48. The average molecular weight is 420 g/mol. The number of hydrogen-bond donors (Lipinski definition) is 2. The molecule has 0 radical (unpaired) electrons. The number of hydrogen-bond acceptors (Lipinski definition) is 4. The summed E-state index contributed by atoms with van der Waals surface area (Å²) in [6, 6.07) is 13.7. The van der Waals surface area contributed by atoms with Gasteiger partial charge in [0.1, 0.15) is 0 Å². The molecule has 1 heterocycles. The zero-order valence-electron chi connectivity index (χ0n) is 17.0. The highest BCUT2D eigenvalue weighted by atomic mass is 16.4. The van der Waals surface area contributed by atoms with Crippen molar-refractivity contribution in [3.63, 3.8) is 0 Å². The van der Waals surface area contributed by atoms with Crippen LogP contribution in [0.25, 0.3) is 0 Å². The van der Waals surface area contributed by atoms with E-state index >= 15 is 0 Å². The first kappa shape index (κ1) is 20.8. The van der Waals surface area contributed by atoms with E-state index in [-0.39, 0.29) is 47.5 Å². The van der Waals surface area contributed by atoms with Crippen LogP contribution in [0, 0.1) is 11.8 Å². The molecule has 1 fully saturated rings. The van der Waals surface area contributed by atoms with Gasteiger partial charge < -0.3 is 10.4 Å². The molecule has 0 unspecified atom stereocenters. The number of nitrogens with one attached hydrogen (secondary N) is 1. The highest BCUT2D eigenvalue weighted by molar-refractivity contribution is 6.22. The van der Waals surface area contributed by atoms with E-state index in [4.69, 9.17) is 0 Å². The van der Waals surface area contributed by atoms with Crippen LogP contribution >= 0.6 is 0 Å². The predicted octanol–water partition coefficient (Wildman–Crippen LogP) is 3.10. The maximum atomic E-state index is 12.8. The molecule has 31 heavy (non-hydrogen) atoms. The number of carbonyl (C=O) groups is 4. The number of fused-ring (bicyclic) bond motifs is 1. The summed E-state index contributed by atoms with van der Waals surface area (Å²) in [5, 5.41) is 12.2. The lowest BCUT2D eigenvalue weighted by Crippen LogP contribution is -2.37. The van der Waals surface area contributed by atoms with E-state index in [0.717, 1.165) is 24.8 Å². The zero-order valence-corrected chi connectivity index (χ0v) is 17.0. The number of carboxylic acid groups (broad SMARTS) is 1.